The highest BCUT2D eigenvalue weighted by Gasteiger charge is 2.18. The topological polar surface area (TPSA) is 43.4 Å². The van der Waals surface area contributed by atoms with E-state index in [0.717, 1.165) is 6.04 Å². The van der Waals surface area contributed by atoms with E-state index >= 15 is 0 Å². The lowest BCUT2D eigenvalue weighted by atomic mass is 10.0. The number of carbonyl (C=O) groups is 2. The molecule has 15 heavy (non-hydrogen) atoms. The molecule has 0 aliphatic heterocycles. The zero-order chi connectivity index (χ0) is 12.1. The summed E-state index contributed by atoms with van der Waals surface area (Å²) in [5, 5.41) is 0. The fourth-order valence-corrected chi connectivity index (χ4v) is 3.33. The van der Waals surface area contributed by atoms with Crippen molar-refractivity contribution >= 4 is 20.6 Å². The van der Waals surface area contributed by atoms with Gasteiger partial charge in [0.1, 0.15) is 5.78 Å². The van der Waals surface area contributed by atoms with Gasteiger partial charge in [0, 0.05) is 0 Å². The average molecular weight is 229 g/mol. The Morgan fingerprint density at radius 3 is 2.20 bits per heavy atom. The fraction of sp³-hybridized carbons (Fsp3) is 0.818. The molecule has 0 aromatic rings. The standard InChI is InChI=1S/C11H21O3Si/c1-9(12)6-10(13)7-14-15(5)8-11(2,3)4/h6-8H2,1-5H3. The third-order valence-electron chi connectivity index (χ3n) is 1.70. The monoisotopic (exact) mass is 229 g/mol. The summed E-state index contributed by atoms with van der Waals surface area (Å²) in [5.74, 6) is -0.204. The summed E-state index contributed by atoms with van der Waals surface area (Å²) in [4.78, 5) is 21.9. The first-order valence-electron chi connectivity index (χ1n) is 5.17. The van der Waals surface area contributed by atoms with Crippen LogP contribution in [0, 0.1) is 5.41 Å². The summed E-state index contributed by atoms with van der Waals surface area (Å²) in [5.41, 5.74) is 0.243. The molecule has 0 aliphatic carbocycles. The van der Waals surface area contributed by atoms with Crippen molar-refractivity contribution in [1.82, 2.24) is 0 Å². The number of hydrogen-bond acceptors (Lipinski definition) is 3. The predicted octanol–water partition coefficient (Wildman–Crippen LogP) is 2.22. The van der Waals surface area contributed by atoms with Crippen molar-refractivity contribution in [3.8, 4) is 0 Å². The Morgan fingerprint density at radius 2 is 1.80 bits per heavy atom. The highest BCUT2D eigenvalue weighted by molar-refractivity contribution is 6.50. The van der Waals surface area contributed by atoms with Crippen LogP contribution in [-0.2, 0) is 14.0 Å². The van der Waals surface area contributed by atoms with Crippen LogP contribution in [0.5, 0.6) is 0 Å². The second-order valence-electron chi connectivity index (χ2n) is 5.15. The molecule has 0 N–H and O–H groups in total. The second-order valence-corrected chi connectivity index (χ2v) is 7.19. The van der Waals surface area contributed by atoms with E-state index in [-0.39, 0.29) is 30.0 Å². The maximum atomic E-state index is 11.2. The minimum absolute atomic E-state index is 0.00463. The maximum absolute atomic E-state index is 11.2. The summed E-state index contributed by atoms with van der Waals surface area (Å²) >= 11 is 0. The molecule has 0 aromatic heterocycles. The Kier molecular flexibility index (Phi) is 5.98. The Balaban J connectivity index is 3.76. The first kappa shape index (κ1) is 14.5. The smallest absolute Gasteiger partial charge is 0.209 e. The van der Waals surface area contributed by atoms with Crippen LogP contribution in [0.4, 0.5) is 0 Å². The van der Waals surface area contributed by atoms with Crippen molar-refractivity contribution in [3.63, 3.8) is 0 Å². The van der Waals surface area contributed by atoms with Gasteiger partial charge in [-0.3, -0.25) is 9.59 Å². The van der Waals surface area contributed by atoms with Crippen LogP contribution in [-0.4, -0.2) is 27.2 Å². The zero-order valence-electron chi connectivity index (χ0n) is 10.3. The predicted molar refractivity (Wildman–Crippen MR) is 62.1 cm³/mol. The molecule has 1 radical (unpaired) electrons. The molecule has 0 saturated heterocycles. The summed E-state index contributed by atoms with van der Waals surface area (Å²) in [6, 6.07) is 1.00. The summed E-state index contributed by atoms with van der Waals surface area (Å²) in [7, 11) is -0.909. The quantitative estimate of drug-likeness (QED) is 0.518. The van der Waals surface area contributed by atoms with Crippen LogP contribution in [0.2, 0.25) is 12.6 Å². The van der Waals surface area contributed by atoms with Gasteiger partial charge in [0.05, 0.1) is 13.0 Å². The van der Waals surface area contributed by atoms with Gasteiger partial charge in [0.25, 0.3) is 0 Å². The molecule has 0 rings (SSSR count). The SMILES string of the molecule is CC(=O)CC(=O)CO[Si](C)CC(C)(C)C. The van der Waals surface area contributed by atoms with E-state index in [2.05, 4.69) is 27.3 Å². The highest BCUT2D eigenvalue weighted by atomic mass is 28.3. The van der Waals surface area contributed by atoms with Crippen LogP contribution in [0.3, 0.4) is 0 Å². The minimum Gasteiger partial charge on any atom is -0.410 e. The van der Waals surface area contributed by atoms with E-state index in [0.29, 0.717) is 0 Å². The normalized spacial score (nSPS) is 11.9. The molecule has 0 heterocycles. The van der Waals surface area contributed by atoms with E-state index in [4.69, 9.17) is 4.43 Å². The lowest BCUT2D eigenvalue weighted by molar-refractivity contribution is -0.127. The molecule has 0 aromatic carbocycles. The van der Waals surface area contributed by atoms with Crippen molar-refractivity contribution in [2.45, 2.75) is 46.7 Å². The molecule has 0 atom stereocenters. The summed E-state index contributed by atoms with van der Waals surface area (Å²) < 4.78 is 5.48. The van der Waals surface area contributed by atoms with Crippen LogP contribution in [0.15, 0.2) is 0 Å². The Bertz CT molecular complexity index is 230. The average Bonchev–Trinajstić information content (AvgIpc) is 1.96. The minimum atomic E-state index is -0.909. The molecule has 0 bridgehead atoms. The number of carbonyl (C=O) groups excluding carboxylic acids is 2. The first-order valence-corrected chi connectivity index (χ1v) is 7.28. The summed E-state index contributed by atoms with van der Waals surface area (Å²) in [6.07, 6.45) is 0.00463. The van der Waals surface area contributed by atoms with E-state index < -0.39 is 9.04 Å². The van der Waals surface area contributed by atoms with Gasteiger partial charge in [-0.2, -0.15) is 0 Å². The lowest BCUT2D eigenvalue weighted by Crippen LogP contribution is -2.24. The number of hydrogen-bond donors (Lipinski definition) is 0. The number of rotatable bonds is 6. The molecule has 3 nitrogen and oxygen atoms in total. The van der Waals surface area contributed by atoms with Crippen molar-refractivity contribution in [3.05, 3.63) is 0 Å². The van der Waals surface area contributed by atoms with Crippen molar-refractivity contribution in [2.75, 3.05) is 6.61 Å². The Labute approximate surface area is 93.9 Å². The first-order chi connectivity index (χ1) is 6.70. The van der Waals surface area contributed by atoms with E-state index in [1.54, 1.807) is 0 Å². The largest absolute Gasteiger partial charge is 0.410 e. The Hall–Kier alpha value is -0.483. The third-order valence-corrected chi connectivity index (χ3v) is 3.90. The molecule has 0 saturated carbocycles. The highest BCUT2D eigenvalue weighted by Crippen LogP contribution is 2.21. The molecular weight excluding hydrogens is 208 g/mol. The Morgan fingerprint density at radius 1 is 1.27 bits per heavy atom. The van der Waals surface area contributed by atoms with Crippen molar-refractivity contribution < 1.29 is 14.0 Å². The number of ketones is 2. The second kappa shape index (κ2) is 6.18. The number of Topliss-reactive ketones (excluding diaryl/α,β-unsaturated/α-hetero) is 2. The van der Waals surface area contributed by atoms with E-state index in [1.807, 2.05) is 0 Å². The lowest BCUT2D eigenvalue weighted by Gasteiger charge is -2.21. The zero-order valence-corrected chi connectivity index (χ0v) is 11.3. The van der Waals surface area contributed by atoms with Gasteiger partial charge in [0.2, 0.25) is 9.04 Å². The van der Waals surface area contributed by atoms with Gasteiger partial charge < -0.3 is 4.43 Å². The summed E-state index contributed by atoms with van der Waals surface area (Å²) in [6.45, 7) is 10.0. The molecule has 0 fully saturated rings. The van der Waals surface area contributed by atoms with Gasteiger partial charge >= 0.3 is 0 Å². The van der Waals surface area contributed by atoms with Gasteiger partial charge in [-0.05, 0) is 24.9 Å². The third kappa shape index (κ3) is 9.81. The van der Waals surface area contributed by atoms with Gasteiger partial charge in [0.15, 0.2) is 5.78 Å². The van der Waals surface area contributed by atoms with Gasteiger partial charge in [-0.15, -0.1) is 0 Å². The molecule has 4 heteroatoms. The van der Waals surface area contributed by atoms with Crippen LogP contribution in [0.25, 0.3) is 0 Å². The van der Waals surface area contributed by atoms with Crippen LogP contribution < -0.4 is 0 Å². The molecular formula is C11H21O3Si. The maximum Gasteiger partial charge on any atom is 0.209 e. The molecule has 87 valence electrons. The molecule has 0 spiro atoms. The van der Waals surface area contributed by atoms with Crippen LogP contribution in [0.1, 0.15) is 34.1 Å². The van der Waals surface area contributed by atoms with E-state index in [1.165, 1.54) is 6.92 Å². The fourth-order valence-electron chi connectivity index (χ4n) is 1.33. The molecule has 0 unspecified atom stereocenters. The van der Waals surface area contributed by atoms with Crippen molar-refractivity contribution in [2.24, 2.45) is 5.41 Å². The molecule has 0 amide bonds. The van der Waals surface area contributed by atoms with Gasteiger partial charge in [-0.25, -0.2) is 0 Å². The van der Waals surface area contributed by atoms with Gasteiger partial charge in [-0.1, -0.05) is 20.8 Å². The molecule has 0 aliphatic rings. The van der Waals surface area contributed by atoms with E-state index in [9.17, 15) is 9.59 Å². The van der Waals surface area contributed by atoms with Crippen molar-refractivity contribution in [1.29, 1.82) is 0 Å². The van der Waals surface area contributed by atoms with Crippen LogP contribution >= 0.6 is 0 Å².